The van der Waals surface area contributed by atoms with E-state index in [9.17, 15) is 0 Å². The van der Waals surface area contributed by atoms with E-state index in [-0.39, 0.29) is 0 Å². The molecule has 0 aliphatic carbocycles. The third-order valence-corrected chi connectivity index (χ3v) is 5.41. The molecule has 0 spiro atoms. The van der Waals surface area contributed by atoms with Crippen LogP contribution in [0.5, 0.6) is 0 Å². The van der Waals surface area contributed by atoms with E-state index in [0.29, 0.717) is 0 Å². The van der Waals surface area contributed by atoms with Crippen LogP contribution >= 0.6 is 13.4 Å². The van der Waals surface area contributed by atoms with Gasteiger partial charge in [0.05, 0.1) is 0 Å². The third-order valence-electron chi connectivity index (χ3n) is 5.41. The summed E-state index contributed by atoms with van der Waals surface area (Å²) in [5, 5.41) is 3.64. The van der Waals surface area contributed by atoms with Crippen LogP contribution in [0.4, 0.5) is 0 Å². The Balaban J connectivity index is -0.000000853. The van der Waals surface area contributed by atoms with Gasteiger partial charge in [-0.15, -0.1) is 0 Å². The van der Waals surface area contributed by atoms with Gasteiger partial charge in [-0.05, 0) is 49.5 Å². The van der Waals surface area contributed by atoms with Crippen LogP contribution in [0.15, 0.2) is 0 Å². The average Bonchev–Trinajstić information content (AvgIpc) is 2.72. The SMILES string of the molecule is CCCCCCCCCCCCNCCCCCCCCCCCC.OP(O)(O)=S.OP(O)(O)=S. The Hall–Kier alpha value is 1.02. The van der Waals surface area contributed by atoms with Gasteiger partial charge in [0, 0.05) is 0 Å². The second-order valence-electron chi connectivity index (χ2n) is 9.14. The monoisotopic (exact) mass is 581 g/mol. The van der Waals surface area contributed by atoms with E-state index in [2.05, 4.69) is 42.8 Å². The zero-order chi connectivity index (χ0) is 27.3. The fraction of sp³-hybridized carbons (Fsp3) is 1.00. The van der Waals surface area contributed by atoms with E-state index >= 15 is 0 Å². The summed E-state index contributed by atoms with van der Waals surface area (Å²) in [6.45, 7) is -0.531. The van der Waals surface area contributed by atoms with Crippen LogP contribution in [0.1, 0.15) is 142 Å². The average molecular weight is 582 g/mol. The largest absolute Gasteiger partial charge is 0.325 e. The van der Waals surface area contributed by atoms with Gasteiger partial charge in [0.2, 0.25) is 0 Å². The minimum absolute atomic E-state index is 1.24. The van der Waals surface area contributed by atoms with Gasteiger partial charge in [-0.2, -0.15) is 0 Å². The first-order chi connectivity index (χ1) is 16.4. The van der Waals surface area contributed by atoms with Crippen LogP contribution in [-0.2, 0) is 23.6 Å². The number of rotatable bonds is 22. The molecule has 0 aromatic heterocycles. The first-order valence-corrected chi connectivity index (χ1v) is 19.0. The van der Waals surface area contributed by atoms with Crippen molar-refractivity contribution in [1.82, 2.24) is 5.32 Å². The molecule has 0 aromatic carbocycles. The molecule has 0 radical (unpaired) electrons. The van der Waals surface area contributed by atoms with Crippen molar-refractivity contribution in [3.05, 3.63) is 0 Å². The van der Waals surface area contributed by atoms with Gasteiger partial charge in [0.15, 0.2) is 0 Å². The molecule has 0 aliphatic rings. The number of unbranched alkanes of at least 4 members (excludes halogenated alkanes) is 18. The molecule has 0 amide bonds. The molecular weight excluding hydrogens is 524 g/mol. The molecular formula is C24H57NO6P2S2. The van der Waals surface area contributed by atoms with E-state index in [1.54, 1.807) is 0 Å². The summed E-state index contributed by atoms with van der Waals surface area (Å²) in [4.78, 5) is 45.3. The standard InChI is InChI=1S/C24H51N.2H3O3PS/c1-3-5-7-9-11-13-15-17-19-21-23-25-24-22-20-18-16-14-12-10-8-6-4-2;2*1-4(2,3)5/h25H,3-24H2,1-2H3;2*(H3,1,2,3,5). The number of hydrogen-bond acceptors (Lipinski definition) is 3. The summed E-state index contributed by atoms with van der Waals surface area (Å²) in [5.41, 5.74) is 0. The Morgan fingerprint density at radius 3 is 0.771 bits per heavy atom. The van der Waals surface area contributed by atoms with E-state index < -0.39 is 13.4 Å². The second kappa shape index (κ2) is 31.2. The normalized spacial score (nSPS) is 11.4. The molecule has 0 bridgehead atoms. The quantitative estimate of drug-likeness (QED) is 0.0545. The molecule has 0 heterocycles. The highest BCUT2D eigenvalue weighted by molar-refractivity contribution is 8.06. The van der Waals surface area contributed by atoms with E-state index in [1.807, 2.05) is 0 Å². The minimum Gasteiger partial charge on any atom is -0.325 e. The van der Waals surface area contributed by atoms with Crippen molar-refractivity contribution < 1.29 is 29.4 Å². The van der Waals surface area contributed by atoms with Crippen LogP contribution in [0.3, 0.4) is 0 Å². The zero-order valence-electron chi connectivity index (χ0n) is 22.5. The van der Waals surface area contributed by atoms with Crippen molar-refractivity contribution in [3.63, 3.8) is 0 Å². The predicted octanol–water partition coefficient (Wildman–Crippen LogP) is 6.79. The minimum atomic E-state index is -3.81. The smallest absolute Gasteiger partial charge is 0.319 e. The second-order valence-corrected chi connectivity index (χ2v) is 14.1. The van der Waals surface area contributed by atoms with Crippen molar-refractivity contribution in [1.29, 1.82) is 0 Å². The van der Waals surface area contributed by atoms with Crippen molar-refractivity contribution in [2.75, 3.05) is 13.1 Å². The van der Waals surface area contributed by atoms with Gasteiger partial charge in [-0.3, -0.25) is 0 Å². The summed E-state index contributed by atoms with van der Waals surface area (Å²) in [6.07, 6.45) is 28.8. The maximum absolute atomic E-state index is 7.56. The summed E-state index contributed by atoms with van der Waals surface area (Å²) in [6, 6.07) is 0. The highest BCUT2D eigenvalue weighted by Gasteiger charge is 1.95. The highest BCUT2D eigenvalue weighted by atomic mass is 32.5. The molecule has 11 heteroatoms. The Bertz CT molecular complexity index is 434. The molecule has 35 heavy (non-hydrogen) atoms. The molecule has 0 fully saturated rings. The first kappa shape index (κ1) is 40.5. The van der Waals surface area contributed by atoms with Crippen LogP contribution in [0.25, 0.3) is 0 Å². The van der Waals surface area contributed by atoms with Crippen molar-refractivity contribution >= 4 is 37.1 Å². The van der Waals surface area contributed by atoms with E-state index in [1.165, 1.54) is 142 Å². The Labute approximate surface area is 226 Å². The predicted molar refractivity (Wildman–Crippen MR) is 158 cm³/mol. The lowest BCUT2D eigenvalue weighted by Gasteiger charge is -2.05. The van der Waals surface area contributed by atoms with Crippen molar-refractivity contribution in [2.45, 2.75) is 142 Å². The number of nitrogens with one attached hydrogen (secondary N) is 1. The summed E-state index contributed by atoms with van der Waals surface area (Å²) < 4.78 is 0. The van der Waals surface area contributed by atoms with Gasteiger partial charge < -0.3 is 34.7 Å². The zero-order valence-corrected chi connectivity index (χ0v) is 25.9. The summed E-state index contributed by atoms with van der Waals surface area (Å²) >= 11 is 7.21. The van der Waals surface area contributed by atoms with Crippen molar-refractivity contribution in [3.8, 4) is 0 Å². The Kier molecular flexibility index (Phi) is 36.2. The van der Waals surface area contributed by atoms with Crippen LogP contribution in [0.2, 0.25) is 0 Å². The van der Waals surface area contributed by atoms with Gasteiger partial charge in [0.1, 0.15) is 0 Å². The fourth-order valence-corrected chi connectivity index (χ4v) is 3.60. The van der Waals surface area contributed by atoms with Crippen molar-refractivity contribution in [2.24, 2.45) is 0 Å². The maximum atomic E-state index is 7.56. The molecule has 216 valence electrons. The van der Waals surface area contributed by atoms with E-state index in [0.717, 1.165) is 0 Å². The molecule has 0 aliphatic heterocycles. The molecule has 0 aromatic rings. The Morgan fingerprint density at radius 1 is 0.400 bits per heavy atom. The molecule has 0 rings (SSSR count). The fourth-order valence-electron chi connectivity index (χ4n) is 3.60. The maximum Gasteiger partial charge on any atom is 0.319 e. The lowest BCUT2D eigenvalue weighted by molar-refractivity contribution is 0.361. The molecule has 0 saturated carbocycles. The Morgan fingerprint density at radius 2 is 0.571 bits per heavy atom. The summed E-state index contributed by atoms with van der Waals surface area (Å²) in [5.74, 6) is 0. The lowest BCUT2D eigenvalue weighted by atomic mass is 10.1. The molecule has 0 atom stereocenters. The van der Waals surface area contributed by atoms with Gasteiger partial charge in [0.25, 0.3) is 0 Å². The lowest BCUT2D eigenvalue weighted by Crippen LogP contribution is -2.16. The van der Waals surface area contributed by atoms with E-state index in [4.69, 9.17) is 29.4 Å². The highest BCUT2D eigenvalue weighted by Crippen LogP contribution is 2.27. The topological polar surface area (TPSA) is 133 Å². The van der Waals surface area contributed by atoms with Gasteiger partial charge >= 0.3 is 13.4 Å². The van der Waals surface area contributed by atoms with Gasteiger partial charge in [-0.1, -0.05) is 129 Å². The molecule has 7 N–H and O–H groups in total. The molecule has 7 nitrogen and oxygen atoms in total. The summed E-state index contributed by atoms with van der Waals surface area (Å²) in [7, 11) is 0. The van der Waals surface area contributed by atoms with Crippen LogP contribution in [-0.4, -0.2) is 42.4 Å². The van der Waals surface area contributed by atoms with Crippen LogP contribution in [0, 0.1) is 0 Å². The van der Waals surface area contributed by atoms with Crippen LogP contribution < -0.4 is 5.32 Å². The third kappa shape index (κ3) is 72.1. The van der Waals surface area contributed by atoms with Gasteiger partial charge in [-0.25, -0.2) is 0 Å². The number of hydrogen-bond donors (Lipinski definition) is 7. The first-order valence-electron chi connectivity index (χ1n) is 13.7. The molecule has 0 unspecified atom stereocenters. The molecule has 0 saturated heterocycles.